The largest absolute Gasteiger partial charge is 0.495 e. The second-order valence-electron chi connectivity index (χ2n) is 3.55. The highest BCUT2D eigenvalue weighted by molar-refractivity contribution is 9.10. The third-order valence-electron chi connectivity index (χ3n) is 2.29. The Morgan fingerprint density at radius 1 is 1.47 bits per heavy atom. The Morgan fingerprint density at radius 3 is 2.94 bits per heavy atom. The number of rotatable bonds is 4. The van der Waals surface area contributed by atoms with E-state index < -0.39 is 0 Å². The molecule has 2 aromatic rings. The molecule has 0 saturated carbocycles. The van der Waals surface area contributed by atoms with Crippen molar-refractivity contribution in [2.24, 2.45) is 0 Å². The van der Waals surface area contributed by atoms with E-state index in [2.05, 4.69) is 26.2 Å². The van der Waals surface area contributed by atoms with Crippen LogP contribution >= 0.6 is 27.3 Å². The Kier molecular flexibility index (Phi) is 4.02. The van der Waals surface area contributed by atoms with Crippen LogP contribution in [-0.2, 0) is 6.54 Å². The van der Waals surface area contributed by atoms with Crippen molar-refractivity contribution >= 4 is 33.0 Å². The minimum atomic E-state index is 0.788. The van der Waals surface area contributed by atoms with Gasteiger partial charge >= 0.3 is 0 Å². The SMILES string of the molecule is COc1cc(NCc2cnc(C)s2)ccc1Br. The number of anilines is 1. The molecule has 0 saturated heterocycles. The molecular weight excluding hydrogens is 300 g/mol. The third kappa shape index (κ3) is 3.20. The van der Waals surface area contributed by atoms with Crippen molar-refractivity contribution in [3.05, 3.63) is 38.8 Å². The van der Waals surface area contributed by atoms with Gasteiger partial charge in [0.25, 0.3) is 0 Å². The first kappa shape index (κ1) is 12.4. The highest BCUT2D eigenvalue weighted by Crippen LogP contribution is 2.28. The summed E-state index contributed by atoms with van der Waals surface area (Å²) < 4.78 is 6.20. The average molecular weight is 313 g/mol. The van der Waals surface area contributed by atoms with E-state index in [1.54, 1.807) is 18.4 Å². The van der Waals surface area contributed by atoms with Crippen LogP contribution in [0.2, 0.25) is 0 Å². The minimum Gasteiger partial charge on any atom is -0.495 e. The molecule has 5 heteroatoms. The molecule has 3 nitrogen and oxygen atoms in total. The van der Waals surface area contributed by atoms with Gasteiger partial charge in [-0.2, -0.15) is 0 Å². The van der Waals surface area contributed by atoms with Crippen LogP contribution in [0, 0.1) is 6.92 Å². The van der Waals surface area contributed by atoms with Crippen LogP contribution in [0.25, 0.3) is 0 Å². The maximum Gasteiger partial charge on any atom is 0.135 e. The predicted molar refractivity (Wildman–Crippen MR) is 74.9 cm³/mol. The van der Waals surface area contributed by atoms with Gasteiger partial charge in [-0.3, -0.25) is 0 Å². The number of thiazole rings is 1. The maximum absolute atomic E-state index is 5.25. The van der Waals surface area contributed by atoms with E-state index in [1.807, 2.05) is 31.3 Å². The Bertz CT molecular complexity index is 513. The molecule has 0 fully saturated rings. The van der Waals surface area contributed by atoms with Gasteiger partial charge in [-0.15, -0.1) is 11.3 Å². The summed E-state index contributed by atoms with van der Waals surface area (Å²) in [6, 6.07) is 5.96. The van der Waals surface area contributed by atoms with Crippen molar-refractivity contribution in [1.29, 1.82) is 0 Å². The van der Waals surface area contributed by atoms with Gasteiger partial charge in [0.1, 0.15) is 5.75 Å². The Labute approximate surface area is 113 Å². The molecule has 0 aliphatic heterocycles. The van der Waals surface area contributed by atoms with Gasteiger partial charge in [-0.25, -0.2) is 4.98 Å². The summed E-state index contributed by atoms with van der Waals surface area (Å²) in [4.78, 5) is 5.45. The molecule has 90 valence electrons. The molecule has 0 aliphatic rings. The lowest BCUT2D eigenvalue weighted by molar-refractivity contribution is 0.412. The van der Waals surface area contributed by atoms with Crippen molar-refractivity contribution < 1.29 is 4.74 Å². The molecule has 0 spiro atoms. The molecule has 0 atom stereocenters. The molecule has 17 heavy (non-hydrogen) atoms. The van der Waals surface area contributed by atoms with Gasteiger partial charge in [-0.1, -0.05) is 0 Å². The van der Waals surface area contributed by atoms with E-state index >= 15 is 0 Å². The standard InChI is InChI=1S/C12H13BrN2OS/c1-8-14-6-10(17-8)7-15-9-3-4-11(13)12(5-9)16-2/h3-6,15H,7H2,1-2H3. The van der Waals surface area contributed by atoms with Crippen molar-refractivity contribution in [2.75, 3.05) is 12.4 Å². The molecule has 1 N–H and O–H groups in total. The zero-order valence-electron chi connectivity index (χ0n) is 9.66. The molecule has 0 bridgehead atoms. The van der Waals surface area contributed by atoms with Gasteiger partial charge in [0.05, 0.1) is 23.1 Å². The lowest BCUT2D eigenvalue weighted by Gasteiger charge is -2.08. The summed E-state index contributed by atoms with van der Waals surface area (Å²) >= 11 is 5.14. The molecule has 0 unspecified atom stereocenters. The van der Waals surface area contributed by atoms with Crippen LogP contribution in [0.15, 0.2) is 28.9 Å². The molecular formula is C12H13BrN2OS. The first-order chi connectivity index (χ1) is 8.19. The highest BCUT2D eigenvalue weighted by Gasteiger charge is 2.02. The van der Waals surface area contributed by atoms with Crippen molar-refractivity contribution in [1.82, 2.24) is 4.98 Å². The lowest BCUT2D eigenvalue weighted by atomic mass is 10.3. The minimum absolute atomic E-state index is 0.788. The van der Waals surface area contributed by atoms with Gasteiger partial charge in [0, 0.05) is 22.8 Å². The van der Waals surface area contributed by atoms with Crippen molar-refractivity contribution in [2.45, 2.75) is 13.5 Å². The molecule has 1 heterocycles. The Hall–Kier alpha value is -1.07. The normalized spacial score (nSPS) is 10.3. The first-order valence-corrected chi connectivity index (χ1v) is 6.78. The van der Waals surface area contributed by atoms with Gasteiger partial charge in [-0.05, 0) is 35.0 Å². The molecule has 0 radical (unpaired) electrons. The van der Waals surface area contributed by atoms with E-state index in [9.17, 15) is 0 Å². The number of methoxy groups -OCH3 is 1. The maximum atomic E-state index is 5.25. The number of benzene rings is 1. The number of hydrogen-bond donors (Lipinski definition) is 1. The third-order valence-corrected chi connectivity index (χ3v) is 3.85. The lowest BCUT2D eigenvalue weighted by Crippen LogP contribution is -1.97. The number of halogens is 1. The first-order valence-electron chi connectivity index (χ1n) is 5.18. The van der Waals surface area contributed by atoms with E-state index in [0.29, 0.717) is 0 Å². The summed E-state index contributed by atoms with van der Waals surface area (Å²) in [6.07, 6.45) is 1.91. The molecule has 1 aromatic heterocycles. The van der Waals surface area contributed by atoms with Crippen molar-refractivity contribution in [3.63, 3.8) is 0 Å². The highest BCUT2D eigenvalue weighted by atomic mass is 79.9. The van der Waals surface area contributed by atoms with Gasteiger partial charge in [0.15, 0.2) is 0 Å². The number of hydrogen-bond acceptors (Lipinski definition) is 4. The smallest absolute Gasteiger partial charge is 0.135 e. The van der Waals surface area contributed by atoms with Crippen LogP contribution in [0.1, 0.15) is 9.88 Å². The van der Waals surface area contributed by atoms with Crippen LogP contribution < -0.4 is 10.1 Å². The summed E-state index contributed by atoms with van der Waals surface area (Å²) in [5.74, 6) is 0.829. The topological polar surface area (TPSA) is 34.1 Å². The molecule has 0 aliphatic carbocycles. The number of nitrogens with one attached hydrogen (secondary N) is 1. The zero-order chi connectivity index (χ0) is 12.3. The van der Waals surface area contributed by atoms with Crippen molar-refractivity contribution in [3.8, 4) is 5.75 Å². The number of aromatic nitrogens is 1. The van der Waals surface area contributed by atoms with Gasteiger partial charge in [0.2, 0.25) is 0 Å². The fraction of sp³-hybridized carbons (Fsp3) is 0.250. The second kappa shape index (κ2) is 5.51. The Morgan fingerprint density at radius 2 is 2.29 bits per heavy atom. The van der Waals surface area contributed by atoms with Crippen LogP contribution in [0.5, 0.6) is 5.75 Å². The fourth-order valence-corrected chi connectivity index (χ4v) is 2.59. The zero-order valence-corrected chi connectivity index (χ0v) is 12.1. The second-order valence-corrected chi connectivity index (χ2v) is 5.72. The van der Waals surface area contributed by atoms with Crippen LogP contribution in [-0.4, -0.2) is 12.1 Å². The predicted octanol–water partition coefficient (Wildman–Crippen LogP) is 3.83. The fourth-order valence-electron chi connectivity index (χ4n) is 1.45. The quantitative estimate of drug-likeness (QED) is 0.931. The monoisotopic (exact) mass is 312 g/mol. The van der Waals surface area contributed by atoms with E-state index in [-0.39, 0.29) is 0 Å². The van der Waals surface area contributed by atoms with E-state index in [0.717, 1.165) is 27.5 Å². The summed E-state index contributed by atoms with van der Waals surface area (Å²) in [6.45, 7) is 2.80. The summed E-state index contributed by atoms with van der Waals surface area (Å²) in [5, 5.41) is 4.44. The van der Waals surface area contributed by atoms with E-state index in [4.69, 9.17) is 4.74 Å². The Balaban J connectivity index is 2.04. The average Bonchev–Trinajstić information content (AvgIpc) is 2.74. The van der Waals surface area contributed by atoms with Gasteiger partial charge < -0.3 is 10.1 Å². The van der Waals surface area contributed by atoms with E-state index in [1.165, 1.54) is 4.88 Å². The molecule has 1 aromatic carbocycles. The number of nitrogens with zero attached hydrogens (tertiary/aromatic N) is 1. The van der Waals surface area contributed by atoms with Crippen LogP contribution in [0.4, 0.5) is 5.69 Å². The van der Waals surface area contributed by atoms with Crippen LogP contribution in [0.3, 0.4) is 0 Å². The number of ether oxygens (including phenoxy) is 1. The summed E-state index contributed by atoms with van der Waals surface area (Å²) in [5.41, 5.74) is 1.04. The molecule has 0 amide bonds. The number of aryl methyl sites for hydroxylation is 1. The molecule has 2 rings (SSSR count). The summed E-state index contributed by atoms with van der Waals surface area (Å²) in [7, 11) is 1.66.